The fourth-order valence-electron chi connectivity index (χ4n) is 5.23. The molecule has 3 N–H and O–H groups in total. The molecule has 2 aromatic rings. The molecule has 2 aromatic carbocycles. The summed E-state index contributed by atoms with van der Waals surface area (Å²) in [6.07, 6.45) is -9.76. The van der Waals surface area contributed by atoms with E-state index < -0.39 is 77.3 Å². The van der Waals surface area contributed by atoms with Crippen LogP contribution in [0.2, 0.25) is 0 Å². The smallest absolute Gasteiger partial charge is 0.419 e. The highest BCUT2D eigenvalue weighted by Crippen LogP contribution is 2.47. The van der Waals surface area contributed by atoms with Gasteiger partial charge in [-0.15, -0.1) is 0 Å². The first-order valence-electron chi connectivity index (χ1n) is 12.3. The second-order valence-corrected chi connectivity index (χ2v) is 10.1. The summed E-state index contributed by atoms with van der Waals surface area (Å²) in [6.45, 7) is -1.32. The van der Waals surface area contributed by atoms with Crippen LogP contribution >= 0.6 is 0 Å². The summed E-state index contributed by atoms with van der Waals surface area (Å²) in [4.78, 5) is 25.0. The third-order valence-electron chi connectivity index (χ3n) is 7.34. The number of aliphatic hydroxyl groups excluding tert-OH is 1. The number of fused-ring (bicyclic) bond motifs is 3. The van der Waals surface area contributed by atoms with Gasteiger partial charge < -0.3 is 25.2 Å². The van der Waals surface area contributed by atoms with Crippen molar-refractivity contribution in [1.82, 2.24) is 10.6 Å². The zero-order valence-corrected chi connectivity index (χ0v) is 21.1. The molecule has 7 nitrogen and oxygen atoms in total. The number of carbonyl (C=O) groups is 2. The fourth-order valence-corrected chi connectivity index (χ4v) is 5.23. The minimum Gasteiger partial charge on any atom is -0.484 e. The molecule has 15 heteroatoms. The first kappa shape index (κ1) is 30.3. The third kappa shape index (κ3) is 6.82. The van der Waals surface area contributed by atoms with Crippen LogP contribution in [-0.4, -0.2) is 47.3 Å². The zero-order chi connectivity index (χ0) is 30.2. The van der Waals surface area contributed by atoms with Gasteiger partial charge in [-0.05, 0) is 62.4 Å². The minimum absolute atomic E-state index is 0.0404. The Morgan fingerprint density at radius 3 is 1.85 bits per heavy atom. The van der Waals surface area contributed by atoms with Gasteiger partial charge in [-0.2, -0.15) is 26.3 Å². The fraction of sp³-hybridized carbons (Fsp3) is 0.462. The van der Waals surface area contributed by atoms with Gasteiger partial charge in [-0.3, -0.25) is 9.59 Å². The van der Waals surface area contributed by atoms with Crippen LogP contribution in [0.3, 0.4) is 0 Å². The molecule has 3 aliphatic carbocycles. The van der Waals surface area contributed by atoms with E-state index in [-0.39, 0.29) is 30.8 Å². The zero-order valence-electron chi connectivity index (χ0n) is 21.1. The van der Waals surface area contributed by atoms with Crippen LogP contribution in [0.4, 0.5) is 35.1 Å². The van der Waals surface area contributed by atoms with Crippen molar-refractivity contribution < 1.29 is 59.3 Å². The van der Waals surface area contributed by atoms with Crippen molar-refractivity contribution >= 4 is 11.8 Å². The van der Waals surface area contributed by atoms with Gasteiger partial charge in [0.2, 0.25) is 0 Å². The molecule has 0 aromatic heterocycles. The lowest BCUT2D eigenvalue weighted by Gasteiger charge is -2.56. The van der Waals surface area contributed by atoms with E-state index in [1.165, 1.54) is 0 Å². The van der Waals surface area contributed by atoms with Crippen LogP contribution in [-0.2, 0) is 21.9 Å². The lowest BCUT2D eigenvalue weighted by atomic mass is 9.60. The van der Waals surface area contributed by atoms with E-state index in [2.05, 4.69) is 10.6 Å². The Morgan fingerprint density at radius 1 is 0.780 bits per heavy atom. The first-order valence-corrected chi connectivity index (χ1v) is 12.3. The summed E-state index contributed by atoms with van der Waals surface area (Å²) < 4.78 is 114. The Morgan fingerprint density at radius 2 is 1.32 bits per heavy atom. The predicted molar refractivity (Wildman–Crippen MR) is 125 cm³/mol. The number of ether oxygens (including phenoxy) is 2. The molecule has 0 saturated heterocycles. The molecule has 5 rings (SSSR count). The molecular formula is C26H24F8N2O5. The van der Waals surface area contributed by atoms with Gasteiger partial charge in [0.05, 0.1) is 22.8 Å². The largest absolute Gasteiger partial charge is 0.484 e. The summed E-state index contributed by atoms with van der Waals surface area (Å²) >= 11 is 0. The maximum atomic E-state index is 13.7. The summed E-state index contributed by atoms with van der Waals surface area (Å²) in [7, 11) is 0. The highest BCUT2D eigenvalue weighted by molar-refractivity contribution is 5.79. The molecule has 2 amide bonds. The summed E-state index contributed by atoms with van der Waals surface area (Å²) in [5.41, 5.74) is -4.93. The maximum absolute atomic E-state index is 13.7. The standard InChI is InChI=1S/C26H24F8N2O5/c27-18-4-2-14(9-17(18)26(32,33)34)40-12-21(38)35-23-5-7-24(8-6-23,20(37)11-23)36-22(39)13-41-15-1-3-16(19(28)10-15)25(29,30)31/h1-4,9-10,20,37H,5-8,11-13H2,(H,35,38)(H,36,39)/t20-,23?,24?/m0/s1. The van der Waals surface area contributed by atoms with Crippen molar-refractivity contribution in [3.05, 3.63) is 59.2 Å². The molecule has 3 saturated carbocycles. The van der Waals surface area contributed by atoms with Crippen molar-refractivity contribution in [1.29, 1.82) is 0 Å². The Hall–Kier alpha value is -3.62. The third-order valence-corrected chi connectivity index (χ3v) is 7.34. The van der Waals surface area contributed by atoms with Crippen molar-refractivity contribution in [2.24, 2.45) is 0 Å². The van der Waals surface area contributed by atoms with E-state index in [0.29, 0.717) is 37.1 Å². The highest BCUT2D eigenvalue weighted by Gasteiger charge is 2.55. The predicted octanol–water partition coefficient (Wildman–Crippen LogP) is 4.51. The highest BCUT2D eigenvalue weighted by atomic mass is 19.4. The Balaban J connectivity index is 1.28. The van der Waals surface area contributed by atoms with Gasteiger partial charge in [0.25, 0.3) is 11.8 Å². The van der Waals surface area contributed by atoms with Gasteiger partial charge in [0.1, 0.15) is 23.1 Å². The van der Waals surface area contributed by atoms with Crippen LogP contribution in [0.15, 0.2) is 36.4 Å². The average molecular weight is 596 g/mol. The molecule has 0 spiro atoms. The molecule has 2 bridgehead atoms. The van der Waals surface area contributed by atoms with E-state index in [0.717, 1.165) is 12.1 Å². The van der Waals surface area contributed by atoms with Gasteiger partial charge in [0, 0.05) is 11.6 Å². The number of hydrogen-bond acceptors (Lipinski definition) is 5. The van der Waals surface area contributed by atoms with E-state index in [4.69, 9.17) is 9.47 Å². The number of alkyl halides is 6. The summed E-state index contributed by atoms with van der Waals surface area (Å²) in [6, 6.07) is 3.85. The molecule has 0 radical (unpaired) electrons. The van der Waals surface area contributed by atoms with Crippen LogP contribution < -0.4 is 20.1 Å². The van der Waals surface area contributed by atoms with Crippen molar-refractivity contribution in [2.45, 2.75) is 61.6 Å². The number of rotatable bonds is 8. The molecular weight excluding hydrogens is 572 g/mol. The second-order valence-electron chi connectivity index (χ2n) is 10.1. The Kier molecular flexibility index (Phi) is 8.13. The Labute approximate surface area is 227 Å². The number of aliphatic hydroxyl groups is 1. The average Bonchev–Trinajstić information content (AvgIpc) is 2.86. The molecule has 224 valence electrons. The van der Waals surface area contributed by atoms with Crippen LogP contribution in [0.5, 0.6) is 11.5 Å². The maximum Gasteiger partial charge on any atom is 0.419 e. The van der Waals surface area contributed by atoms with E-state index in [1.54, 1.807) is 0 Å². The number of benzene rings is 2. The molecule has 3 fully saturated rings. The number of halogens is 8. The van der Waals surface area contributed by atoms with E-state index in [1.807, 2.05) is 0 Å². The lowest BCUT2D eigenvalue weighted by Crippen LogP contribution is -2.70. The van der Waals surface area contributed by atoms with Crippen molar-refractivity contribution in [3.63, 3.8) is 0 Å². The van der Waals surface area contributed by atoms with Gasteiger partial charge in [-0.25, -0.2) is 8.78 Å². The molecule has 0 aliphatic heterocycles. The van der Waals surface area contributed by atoms with Gasteiger partial charge in [0.15, 0.2) is 13.2 Å². The van der Waals surface area contributed by atoms with Crippen LogP contribution in [0.25, 0.3) is 0 Å². The second kappa shape index (κ2) is 11.0. The first-order chi connectivity index (χ1) is 19.0. The lowest BCUT2D eigenvalue weighted by molar-refractivity contribution is -0.140. The van der Waals surface area contributed by atoms with Gasteiger partial charge >= 0.3 is 12.4 Å². The SMILES string of the molecule is O=C(COc1ccc(F)c(C(F)(F)F)c1)NC12CCC(NC(=O)COc3ccc(C(F)(F)F)c(F)c3)(CC1)[C@@H](O)C2. The monoisotopic (exact) mass is 596 g/mol. The topological polar surface area (TPSA) is 96.9 Å². The molecule has 1 atom stereocenters. The quantitative estimate of drug-likeness (QED) is 0.390. The number of carbonyl (C=O) groups excluding carboxylic acids is 2. The van der Waals surface area contributed by atoms with Crippen molar-refractivity contribution in [2.75, 3.05) is 13.2 Å². The normalized spacial score (nSPS) is 24.1. The minimum atomic E-state index is -4.95. The van der Waals surface area contributed by atoms with Crippen LogP contribution in [0, 0.1) is 11.6 Å². The summed E-state index contributed by atoms with van der Waals surface area (Å²) in [5, 5.41) is 16.2. The van der Waals surface area contributed by atoms with Crippen LogP contribution in [0.1, 0.15) is 43.2 Å². The van der Waals surface area contributed by atoms with E-state index >= 15 is 0 Å². The molecule has 0 heterocycles. The Bertz CT molecular complexity index is 1310. The summed E-state index contributed by atoms with van der Waals surface area (Å²) in [5.74, 6) is -5.07. The van der Waals surface area contributed by atoms with E-state index in [9.17, 15) is 49.8 Å². The molecule has 0 unspecified atom stereocenters. The van der Waals surface area contributed by atoms with Crippen molar-refractivity contribution in [3.8, 4) is 11.5 Å². The number of amides is 2. The molecule has 3 aliphatic rings. The van der Waals surface area contributed by atoms with Gasteiger partial charge in [-0.1, -0.05) is 0 Å². The molecule has 41 heavy (non-hydrogen) atoms. The number of nitrogens with one attached hydrogen (secondary N) is 2. The number of hydrogen-bond donors (Lipinski definition) is 3.